The summed E-state index contributed by atoms with van der Waals surface area (Å²) in [6.07, 6.45) is 7.25. The zero-order valence-corrected chi connectivity index (χ0v) is 18.9. The van der Waals surface area contributed by atoms with Crippen LogP contribution < -0.4 is 16.4 Å². The number of carbonyl (C=O) groups excluding carboxylic acids is 1. The number of hydrogen-bond acceptors (Lipinski definition) is 6. The van der Waals surface area contributed by atoms with Crippen LogP contribution in [0.2, 0.25) is 0 Å². The molecule has 0 aliphatic heterocycles. The number of amidine groups is 1. The van der Waals surface area contributed by atoms with E-state index in [0.29, 0.717) is 18.2 Å². The van der Waals surface area contributed by atoms with Gasteiger partial charge >= 0.3 is 0 Å². The van der Waals surface area contributed by atoms with Crippen molar-refractivity contribution in [2.45, 2.75) is 58.0 Å². The molecule has 2 atom stereocenters. The zero-order chi connectivity index (χ0) is 21.5. The van der Waals surface area contributed by atoms with Crippen LogP contribution in [0.5, 0.6) is 0 Å². The van der Waals surface area contributed by atoms with E-state index in [0.717, 1.165) is 54.3 Å². The van der Waals surface area contributed by atoms with Gasteiger partial charge in [-0.15, -0.1) is 0 Å². The van der Waals surface area contributed by atoms with Crippen LogP contribution in [0.3, 0.4) is 0 Å². The first-order valence-electron chi connectivity index (χ1n) is 10.6. The van der Waals surface area contributed by atoms with Crippen LogP contribution in [0.15, 0.2) is 23.2 Å². The van der Waals surface area contributed by atoms with Crippen molar-refractivity contribution >= 4 is 40.2 Å². The molecule has 1 fully saturated rings. The van der Waals surface area contributed by atoms with E-state index in [2.05, 4.69) is 37.9 Å². The number of anilines is 1. The highest BCUT2D eigenvalue weighted by molar-refractivity contribution is 7.98. The highest BCUT2D eigenvalue weighted by Crippen LogP contribution is 2.28. The summed E-state index contributed by atoms with van der Waals surface area (Å²) >= 11 is 1.77. The van der Waals surface area contributed by atoms with Crippen molar-refractivity contribution in [3.05, 3.63) is 29.6 Å². The molecule has 7 nitrogen and oxygen atoms in total. The first kappa shape index (κ1) is 22.3. The first-order valence-corrected chi connectivity index (χ1v) is 12.0. The van der Waals surface area contributed by atoms with E-state index in [1.807, 2.05) is 26.0 Å². The third kappa shape index (κ3) is 5.84. The predicted molar refractivity (Wildman–Crippen MR) is 127 cm³/mol. The van der Waals surface area contributed by atoms with Crippen molar-refractivity contribution in [3.8, 4) is 0 Å². The molecule has 0 radical (unpaired) electrons. The molecule has 1 aliphatic carbocycles. The Morgan fingerprint density at radius 2 is 2.10 bits per heavy atom. The van der Waals surface area contributed by atoms with Gasteiger partial charge in [0.15, 0.2) is 0 Å². The fourth-order valence-corrected chi connectivity index (χ4v) is 4.26. The molecule has 3 rings (SSSR count). The molecule has 30 heavy (non-hydrogen) atoms. The third-order valence-corrected chi connectivity index (χ3v) is 5.98. The highest BCUT2D eigenvalue weighted by atomic mass is 32.2. The van der Waals surface area contributed by atoms with Gasteiger partial charge in [-0.05, 0) is 57.3 Å². The van der Waals surface area contributed by atoms with E-state index in [-0.39, 0.29) is 23.8 Å². The number of carbonyl (C=O) groups is 1. The van der Waals surface area contributed by atoms with E-state index in [1.165, 1.54) is 0 Å². The number of nitrogens with one attached hydrogen (secondary N) is 2. The summed E-state index contributed by atoms with van der Waals surface area (Å²) in [5.41, 5.74) is 7.75. The van der Waals surface area contributed by atoms with Crippen molar-refractivity contribution in [1.82, 2.24) is 15.3 Å². The Labute approximate surface area is 182 Å². The molecule has 0 bridgehead atoms. The Bertz CT molecular complexity index is 912. The molecule has 0 saturated heterocycles. The van der Waals surface area contributed by atoms with Crippen LogP contribution in [0, 0.1) is 6.92 Å². The van der Waals surface area contributed by atoms with Crippen molar-refractivity contribution < 1.29 is 4.79 Å². The minimum atomic E-state index is -0.238. The maximum absolute atomic E-state index is 12.7. The smallest absolute Gasteiger partial charge is 0.289 e. The molecule has 0 spiro atoms. The van der Waals surface area contributed by atoms with E-state index >= 15 is 0 Å². The topological polar surface area (TPSA) is 105 Å². The summed E-state index contributed by atoms with van der Waals surface area (Å²) in [5, 5.41) is 7.44. The van der Waals surface area contributed by atoms with Gasteiger partial charge in [-0.25, -0.2) is 9.97 Å². The second-order valence-electron chi connectivity index (χ2n) is 7.89. The molecular weight excluding hydrogens is 396 g/mol. The number of amides is 1. The fraction of sp³-hybridized carbons (Fsp3) is 0.545. The van der Waals surface area contributed by atoms with Gasteiger partial charge in [0.05, 0.1) is 17.4 Å². The lowest BCUT2D eigenvalue weighted by molar-refractivity contribution is 0.0944. The summed E-state index contributed by atoms with van der Waals surface area (Å²) in [5.74, 6) is 2.26. The monoisotopic (exact) mass is 428 g/mol. The summed E-state index contributed by atoms with van der Waals surface area (Å²) in [6, 6.07) is 6.26. The number of rotatable bonds is 8. The number of thioether (sulfide) groups is 1. The van der Waals surface area contributed by atoms with Gasteiger partial charge in [-0.1, -0.05) is 24.5 Å². The SMILES string of the molecule is CSCCCNC(=O)c1nc(N[C@H]2CCCC[C@H]2N=C(C)N)c2cc(C)ccc2n1. The van der Waals surface area contributed by atoms with Gasteiger partial charge in [-0.2, -0.15) is 11.8 Å². The molecule has 1 aromatic heterocycles. The van der Waals surface area contributed by atoms with E-state index in [4.69, 9.17) is 5.73 Å². The molecular formula is C22H32N6OS. The Morgan fingerprint density at radius 3 is 2.87 bits per heavy atom. The number of nitrogens with two attached hydrogens (primary N) is 1. The van der Waals surface area contributed by atoms with Crippen LogP contribution in [-0.4, -0.2) is 52.3 Å². The molecule has 1 heterocycles. The fourth-order valence-electron chi connectivity index (χ4n) is 3.82. The second kappa shape index (κ2) is 10.6. The Morgan fingerprint density at radius 1 is 1.30 bits per heavy atom. The van der Waals surface area contributed by atoms with Crippen molar-refractivity contribution in [2.75, 3.05) is 23.9 Å². The average molecular weight is 429 g/mol. The van der Waals surface area contributed by atoms with Gasteiger partial charge in [0.2, 0.25) is 5.82 Å². The number of aromatic nitrogens is 2. The number of aryl methyl sites for hydroxylation is 1. The van der Waals surface area contributed by atoms with E-state index < -0.39 is 0 Å². The molecule has 162 valence electrons. The normalized spacial score (nSPS) is 19.6. The number of fused-ring (bicyclic) bond motifs is 1. The van der Waals surface area contributed by atoms with E-state index in [9.17, 15) is 4.79 Å². The minimum Gasteiger partial charge on any atom is -0.388 e. The standard InChI is InChI=1S/C22H32N6OS/c1-14-9-10-17-16(13-14)20(27-19-8-5-4-7-18(19)25-15(2)23)28-21(26-17)22(29)24-11-6-12-30-3/h9-10,13,18-19H,4-8,11-12H2,1-3H3,(H2,23,25)(H,24,29)(H,26,27,28)/t18-,19+/m1/s1. The zero-order valence-electron chi connectivity index (χ0n) is 18.1. The molecule has 1 aromatic carbocycles. The Hall–Kier alpha value is -2.35. The number of benzene rings is 1. The molecule has 0 unspecified atom stereocenters. The quantitative estimate of drug-likeness (QED) is 0.337. The van der Waals surface area contributed by atoms with Crippen LogP contribution >= 0.6 is 11.8 Å². The van der Waals surface area contributed by atoms with Gasteiger partial charge in [0.25, 0.3) is 5.91 Å². The van der Waals surface area contributed by atoms with Crippen molar-refractivity contribution in [2.24, 2.45) is 10.7 Å². The largest absolute Gasteiger partial charge is 0.388 e. The van der Waals surface area contributed by atoms with Gasteiger partial charge in [-0.3, -0.25) is 9.79 Å². The molecule has 1 amide bonds. The summed E-state index contributed by atoms with van der Waals surface area (Å²) < 4.78 is 0. The molecule has 1 aliphatic rings. The summed E-state index contributed by atoms with van der Waals surface area (Å²) in [4.78, 5) is 26.4. The van der Waals surface area contributed by atoms with Crippen LogP contribution in [0.4, 0.5) is 5.82 Å². The van der Waals surface area contributed by atoms with Crippen LogP contribution in [0.25, 0.3) is 10.9 Å². The number of hydrogen-bond donors (Lipinski definition) is 3. The number of nitrogens with zero attached hydrogens (tertiary/aromatic N) is 3. The maximum Gasteiger partial charge on any atom is 0.289 e. The van der Waals surface area contributed by atoms with Crippen LogP contribution in [0.1, 0.15) is 55.2 Å². The maximum atomic E-state index is 12.7. The molecule has 1 saturated carbocycles. The first-order chi connectivity index (χ1) is 14.5. The minimum absolute atomic E-state index is 0.113. The van der Waals surface area contributed by atoms with Gasteiger partial charge in [0, 0.05) is 18.0 Å². The second-order valence-corrected chi connectivity index (χ2v) is 8.88. The lowest BCUT2D eigenvalue weighted by Gasteiger charge is -2.30. The Kier molecular flexibility index (Phi) is 7.90. The lowest BCUT2D eigenvalue weighted by Crippen LogP contribution is -2.37. The average Bonchev–Trinajstić information content (AvgIpc) is 2.72. The van der Waals surface area contributed by atoms with Crippen molar-refractivity contribution in [1.29, 1.82) is 0 Å². The van der Waals surface area contributed by atoms with Gasteiger partial charge < -0.3 is 16.4 Å². The molecule has 4 N–H and O–H groups in total. The Balaban J connectivity index is 1.90. The summed E-state index contributed by atoms with van der Waals surface area (Å²) in [6.45, 7) is 4.49. The summed E-state index contributed by atoms with van der Waals surface area (Å²) in [7, 11) is 0. The van der Waals surface area contributed by atoms with Gasteiger partial charge in [0.1, 0.15) is 5.82 Å². The number of aliphatic imine (C=N–C) groups is 1. The third-order valence-electron chi connectivity index (χ3n) is 5.29. The molecule has 8 heteroatoms. The molecule has 2 aromatic rings. The van der Waals surface area contributed by atoms with Crippen LogP contribution in [-0.2, 0) is 0 Å². The van der Waals surface area contributed by atoms with Crippen molar-refractivity contribution in [3.63, 3.8) is 0 Å². The lowest BCUT2D eigenvalue weighted by atomic mass is 9.90. The van der Waals surface area contributed by atoms with E-state index in [1.54, 1.807) is 11.8 Å². The predicted octanol–water partition coefficient (Wildman–Crippen LogP) is 3.52. The highest BCUT2D eigenvalue weighted by Gasteiger charge is 2.26.